The van der Waals surface area contributed by atoms with Gasteiger partial charge in [0.1, 0.15) is 5.82 Å². The van der Waals surface area contributed by atoms with Crippen LogP contribution < -0.4 is 10.6 Å². The number of anilines is 3. The smallest absolute Gasteiger partial charge is 0.247 e. The van der Waals surface area contributed by atoms with Crippen LogP contribution in [0.1, 0.15) is 25.7 Å². The van der Waals surface area contributed by atoms with Gasteiger partial charge in [0, 0.05) is 35.7 Å². The molecule has 3 aromatic heterocycles. The zero-order chi connectivity index (χ0) is 20.0. The molecule has 1 aromatic carbocycles. The Morgan fingerprint density at radius 3 is 2.76 bits per heavy atom. The van der Waals surface area contributed by atoms with Crippen LogP contribution in [0.2, 0.25) is 0 Å². The highest BCUT2D eigenvalue weighted by atomic mass is 16.3. The SMILES string of the molecule is Cn1cc2cc(Nc3nc4cccc(NC5CCC(O)CC5)n4n3)ccc2c1O. The number of aromatic nitrogens is 4. The average molecular weight is 392 g/mol. The molecule has 150 valence electrons. The summed E-state index contributed by atoms with van der Waals surface area (Å²) in [6.45, 7) is 0. The number of hydrogen-bond acceptors (Lipinski definition) is 6. The molecular weight excluding hydrogens is 368 g/mol. The Labute approximate surface area is 167 Å². The molecule has 0 bridgehead atoms. The fourth-order valence-electron chi connectivity index (χ4n) is 4.04. The lowest BCUT2D eigenvalue weighted by molar-refractivity contribution is 0.126. The lowest BCUT2D eigenvalue weighted by Gasteiger charge is -2.26. The van der Waals surface area contributed by atoms with Crippen LogP contribution in [0.3, 0.4) is 0 Å². The highest BCUT2D eigenvalue weighted by Gasteiger charge is 2.20. The van der Waals surface area contributed by atoms with E-state index in [2.05, 4.69) is 20.7 Å². The van der Waals surface area contributed by atoms with E-state index in [1.807, 2.05) is 49.6 Å². The van der Waals surface area contributed by atoms with Gasteiger partial charge in [-0.25, -0.2) is 0 Å². The molecule has 0 aliphatic heterocycles. The van der Waals surface area contributed by atoms with Gasteiger partial charge in [0.05, 0.1) is 6.10 Å². The van der Waals surface area contributed by atoms with Gasteiger partial charge in [-0.1, -0.05) is 6.07 Å². The maximum Gasteiger partial charge on any atom is 0.247 e. The zero-order valence-corrected chi connectivity index (χ0v) is 16.2. The minimum Gasteiger partial charge on any atom is -0.494 e. The second kappa shape index (κ2) is 6.97. The third-order valence-electron chi connectivity index (χ3n) is 5.62. The third-order valence-corrected chi connectivity index (χ3v) is 5.62. The summed E-state index contributed by atoms with van der Waals surface area (Å²) < 4.78 is 3.50. The van der Waals surface area contributed by atoms with Gasteiger partial charge >= 0.3 is 0 Å². The minimum absolute atomic E-state index is 0.171. The monoisotopic (exact) mass is 392 g/mol. The normalized spacial score (nSPS) is 19.7. The molecule has 0 saturated heterocycles. The summed E-state index contributed by atoms with van der Waals surface area (Å²) in [5.41, 5.74) is 1.61. The van der Waals surface area contributed by atoms with Gasteiger partial charge in [-0.2, -0.15) is 9.50 Å². The standard InChI is InChI=1S/C21H24N6O2/c1-26-12-13-11-15(7-10-17(13)20(26)29)23-21-24-19-4-2-3-18(27(19)25-21)22-14-5-8-16(28)9-6-14/h2-4,7,10-12,14,16,22,28-29H,5-6,8-9H2,1H3,(H,23,25). The van der Waals surface area contributed by atoms with Crippen LogP contribution in [0.5, 0.6) is 5.88 Å². The number of aliphatic hydroxyl groups is 1. The molecule has 0 spiro atoms. The number of hydrogen-bond donors (Lipinski definition) is 4. The average Bonchev–Trinajstić information content (AvgIpc) is 3.24. The summed E-state index contributed by atoms with van der Waals surface area (Å²) in [6.07, 6.45) is 5.26. The van der Waals surface area contributed by atoms with E-state index in [9.17, 15) is 10.2 Å². The van der Waals surface area contributed by atoms with Crippen molar-refractivity contribution >= 4 is 33.9 Å². The van der Waals surface area contributed by atoms with E-state index >= 15 is 0 Å². The number of aromatic hydroxyl groups is 1. The Morgan fingerprint density at radius 2 is 1.93 bits per heavy atom. The van der Waals surface area contributed by atoms with Crippen LogP contribution in [0.25, 0.3) is 16.4 Å². The molecule has 5 rings (SSSR count). The second-order valence-corrected chi connectivity index (χ2v) is 7.76. The Bertz CT molecular complexity index is 1170. The minimum atomic E-state index is -0.171. The Morgan fingerprint density at radius 1 is 1.10 bits per heavy atom. The number of rotatable bonds is 4. The number of fused-ring (bicyclic) bond motifs is 2. The molecule has 4 aromatic rings. The highest BCUT2D eigenvalue weighted by molar-refractivity contribution is 5.90. The van der Waals surface area contributed by atoms with Crippen molar-refractivity contribution in [2.75, 3.05) is 10.6 Å². The number of aliphatic hydroxyl groups excluding tert-OH is 1. The van der Waals surface area contributed by atoms with Crippen molar-refractivity contribution in [1.82, 2.24) is 19.2 Å². The molecule has 1 aliphatic rings. The maximum atomic E-state index is 10.0. The lowest BCUT2D eigenvalue weighted by atomic mass is 9.93. The van der Waals surface area contributed by atoms with E-state index in [0.717, 1.165) is 53.6 Å². The van der Waals surface area contributed by atoms with Gasteiger partial charge in [0.25, 0.3) is 0 Å². The van der Waals surface area contributed by atoms with Crippen molar-refractivity contribution in [2.45, 2.75) is 37.8 Å². The van der Waals surface area contributed by atoms with E-state index in [-0.39, 0.29) is 12.0 Å². The molecule has 1 fully saturated rings. The summed E-state index contributed by atoms with van der Waals surface area (Å²) in [6, 6.07) is 12.0. The largest absolute Gasteiger partial charge is 0.494 e. The predicted molar refractivity (Wildman–Crippen MR) is 113 cm³/mol. The van der Waals surface area contributed by atoms with Gasteiger partial charge < -0.3 is 25.4 Å². The van der Waals surface area contributed by atoms with Crippen molar-refractivity contribution < 1.29 is 10.2 Å². The summed E-state index contributed by atoms with van der Waals surface area (Å²) in [5, 5.41) is 32.9. The lowest BCUT2D eigenvalue weighted by Crippen LogP contribution is -2.29. The molecule has 1 saturated carbocycles. The first-order chi connectivity index (χ1) is 14.1. The second-order valence-electron chi connectivity index (χ2n) is 7.76. The molecule has 8 nitrogen and oxygen atoms in total. The zero-order valence-electron chi connectivity index (χ0n) is 16.2. The number of nitrogens with zero attached hydrogens (tertiary/aromatic N) is 4. The van der Waals surface area contributed by atoms with Crippen molar-refractivity contribution in [2.24, 2.45) is 7.05 Å². The first-order valence-corrected chi connectivity index (χ1v) is 9.92. The van der Waals surface area contributed by atoms with Crippen LogP contribution in [0.15, 0.2) is 42.6 Å². The number of nitrogens with one attached hydrogen (secondary N) is 2. The van der Waals surface area contributed by atoms with Gasteiger partial charge in [0.2, 0.25) is 5.95 Å². The Kier molecular flexibility index (Phi) is 4.28. The van der Waals surface area contributed by atoms with E-state index in [1.165, 1.54) is 0 Å². The van der Waals surface area contributed by atoms with Crippen molar-refractivity contribution in [1.29, 1.82) is 0 Å². The van der Waals surface area contributed by atoms with Gasteiger partial charge in [-0.05, 0) is 56.0 Å². The predicted octanol–water partition coefficient (Wildman–Crippen LogP) is 3.39. The molecule has 8 heteroatoms. The molecular formula is C21H24N6O2. The Hall–Kier alpha value is -3.26. The van der Waals surface area contributed by atoms with Crippen LogP contribution in [-0.2, 0) is 7.05 Å². The van der Waals surface area contributed by atoms with Gasteiger partial charge in [0.15, 0.2) is 11.5 Å². The van der Waals surface area contributed by atoms with Crippen molar-refractivity contribution in [3.8, 4) is 5.88 Å². The van der Waals surface area contributed by atoms with Crippen molar-refractivity contribution in [3.63, 3.8) is 0 Å². The quantitative estimate of drug-likeness (QED) is 0.425. The van der Waals surface area contributed by atoms with E-state index in [1.54, 1.807) is 9.08 Å². The molecule has 0 radical (unpaired) electrons. The van der Waals surface area contributed by atoms with Gasteiger partial charge in [-0.3, -0.25) is 0 Å². The molecule has 4 N–H and O–H groups in total. The van der Waals surface area contributed by atoms with E-state index in [0.29, 0.717) is 12.0 Å². The highest BCUT2D eigenvalue weighted by Crippen LogP contribution is 2.29. The van der Waals surface area contributed by atoms with Crippen LogP contribution in [0, 0.1) is 0 Å². The van der Waals surface area contributed by atoms with Crippen molar-refractivity contribution in [3.05, 3.63) is 42.6 Å². The third kappa shape index (κ3) is 3.36. The molecule has 1 aliphatic carbocycles. The van der Waals surface area contributed by atoms with Gasteiger partial charge in [-0.15, -0.1) is 5.10 Å². The first-order valence-electron chi connectivity index (χ1n) is 9.92. The van der Waals surface area contributed by atoms with Crippen LogP contribution in [-0.4, -0.2) is 41.5 Å². The summed E-state index contributed by atoms with van der Waals surface area (Å²) in [4.78, 5) is 4.58. The molecule has 3 heterocycles. The number of pyridine rings is 1. The first kappa shape index (κ1) is 17.8. The molecule has 0 atom stereocenters. The van der Waals surface area contributed by atoms with Crippen LogP contribution >= 0.6 is 0 Å². The maximum absolute atomic E-state index is 10.0. The summed E-state index contributed by atoms with van der Waals surface area (Å²) in [7, 11) is 1.81. The molecule has 0 unspecified atom stereocenters. The summed E-state index contributed by atoms with van der Waals surface area (Å²) >= 11 is 0. The number of benzene rings is 1. The van der Waals surface area contributed by atoms with E-state index in [4.69, 9.17) is 0 Å². The molecule has 0 amide bonds. The topological polar surface area (TPSA) is 99.6 Å². The number of aryl methyl sites for hydroxylation is 1. The fraction of sp³-hybridized carbons (Fsp3) is 0.333. The van der Waals surface area contributed by atoms with E-state index < -0.39 is 0 Å². The summed E-state index contributed by atoms with van der Waals surface area (Å²) in [5.74, 6) is 1.66. The fourth-order valence-corrected chi connectivity index (χ4v) is 4.04. The Balaban J connectivity index is 1.40. The molecule has 29 heavy (non-hydrogen) atoms. The van der Waals surface area contributed by atoms with Crippen LogP contribution in [0.4, 0.5) is 17.5 Å².